The van der Waals surface area contributed by atoms with E-state index in [1.165, 1.54) is 6.92 Å². The number of ketones is 1. The van der Waals surface area contributed by atoms with Crippen molar-refractivity contribution in [1.82, 2.24) is 5.32 Å². The van der Waals surface area contributed by atoms with Gasteiger partial charge < -0.3 is 16.8 Å². The molecule has 5 heteroatoms. The van der Waals surface area contributed by atoms with Crippen molar-refractivity contribution in [2.75, 3.05) is 0 Å². The van der Waals surface area contributed by atoms with E-state index in [4.69, 9.17) is 11.5 Å². The highest BCUT2D eigenvalue weighted by Gasteiger charge is 2.38. The van der Waals surface area contributed by atoms with Crippen LogP contribution in [0.4, 0.5) is 0 Å². The summed E-state index contributed by atoms with van der Waals surface area (Å²) in [5.41, 5.74) is 9.98. The lowest BCUT2D eigenvalue weighted by atomic mass is 9.78. The molecule has 19 heavy (non-hydrogen) atoms. The van der Waals surface area contributed by atoms with Crippen LogP contribution in [0.5, 0.6) is 0 Å². The fourth-order valence-corrected chi connectivity index (χ4v) is 1.70. The van der Waals surface area contributed by atoms with Gasteiger partial charge in [-0.3, -0.25) is 9.59 Å². The molecule has 0 aliphatic heterocycles. The molecule has 0 rings (SSSR count). The molecule has 0 aromatic heterocycles. The second-order valence-corrected chi connectivity index (χ2v) is 7.24. The van der Waals surface area contributed by atoms with Crippen LogP contribution in [0.2, 0.25) is 0 Å². The Bertz CT molecular complexity index is 349. The predicted octanol–water partition coefficient (Wildman–Crippen LogP) is 0.951. The van der Waals surface area contributed by atoms with Crippen molar-refractivity contribution in [3.63, 3.8) is 0 Å². The summed E-state index contributed by atoms with van der Waals surface area (Å²) < 4.78 is 0. The summed E-state index contributed by atoms with van der Waals surface area (Å²) in [4.78, 5) is 23.9. The first-order valence-electron chi connectivity index (χ1n) is 6.57. The number of carbonyl (C=O) groups is 2. The third kappa shape index (κ3) is 6.16. The molecule has 0 aliphatic rings. The number of nitrogens with two attached hydrogens (primary N) is 2. The Labute approximate surface area is 116 Å². The van der Waals surface area contributed by atoms with Crippen LogP contribution in [-0.2, 0) is 9.59 Å². The van der Waals surface area contributed by atoms with Gasteiger partial charge in [-0.1, -0.05) is 0 Å². The number of nitrogens with one attached hydrogen (secondary N) is 1. The summed E-state index contributed by atoms with van der Waals surface area (Å²) in [6.07, 6.45) is 0.455. The topological polar surface area (TPSA) is 98.2 Å². The zero-order valence-corrected chi connectivity index (χ0v) is 13.3. The first-order chi connectivity index (χ1) is 8.17. The van der Waals surface area contributed by atoms with E-state index >= 15 is 0 Å². The highest BCUT2D eigenvalue weighted by Crippen LogP contribution is 2.24. The minimum atomic E-state index is -0.890. The van der Waals surface area contributed by atoms with Crippen molar-refractivity contribution in [3.05, 3.63) is 0 Å². The fraction of sp³-hybridized carbons (Fsp3) is 0.857. The van der Waals surface area contributed by atoms with Crippen molar-refractivity contribution < 1.29 is 9.59 Å². The Morgan fingerprint density at radius 1 is 1.05 bits per heavy atom. The summed E-state index contributed by atoms with van der Waals surface area (Å²) in [5.74, 6) is -0.779. The van der Waals surface area contributed by atoms with E-state index in [-0.39, 0.29) is 11.7 Å². The van der Waals surface area contributed by atoms with Crippen molar-refractivity contribution in [1.29, 1.82) is 0 Å². The van der Waals surface area contributed by atoms with E-state index in [0.29, 0.717) is 6.42 Å². The van der Waals surface area contributed by atoms with Gasteiger partial charge in [-0.15, -0.1) is 0 Å². The van der Waals surface area contributed by atoms with Gasteiger partial charge in [-0.05, 0) is 54.9 Å². The second-order valence-electron chi connectivity index (χ2n) is 7.24. The maximum Gasteiger partial charge on any atom is 0.225 e. The molecule has 0 fully saturated rings. The van der Waals surface area contributed by atoms with Crippen LogP contribution in [0.15, 0.2) is 0 Å². The molecule has 1 atom stereocenters. The van der Waals surface area contributed by atoms with E-state index in [0.717, 1.165) is 0 Å². The molecule has 112 valence electrons. The average molecular weight is 271 g/mol. The Morgan fingerprint density at radius 3 is 1.74 bits per heavy atom. The summed E-state index contributed by atoms with van der Waals surface area (Å²) in [5, 5.41) is 2.76. The third-order valence-corrected chi connectivity index (χ3v) is 3.26. The van der Waals surface area contributed by atoms with Gasteiger partial charge in [0.05, 0.1) is 11.5 Å². The molecular formula is C14H29N3O2. The summed E-state index contributed by atoms with van der Waals surface area (Å²) in [6.45, 7) is 12.1. The van der Waals surface area contributed by atoms with Gasteiger partial charge in [-0.2, -0.15) is 0 Å². The first-order valence-corrected chi connectivity index (χ1v) is 6.57. The van der Waals surface area contributed by atoms with Crippen LogP contribution in [-0.4, -0.2) is 28.3 Å². The smallest absolute Gasteiger partial charge is 0.225 e. The average Bonchev–Trinajstić information content (AvgIpc) is 2.09. The predicted molar refractivity (Wildman–Crippen MR) is 77.5 cm³/mol. The third-order valence-electron chi connectivity index (χ3n) is 3.26. The normalized spacial score (nSPS) is 15.0. The van der Waals surface area contributed by atoms with Crippen LogP contribution in [0, 0.1) is 5.92 Å². The molecule has 0 saturated heterocycles. The highest BCUT2D eigenvalue weighted by atomic mass is 16.2. The molecule has 0 aromatic carbocycles. The summed E-state index contributed by atoms with van der Waals surface area (Å²) in [6, 6.07) is 0. The molecule has 1 unspecified atom stereocenters. The Kier molecular flexibility index (Phi) is 5.31. The van der Waals surface area contributed by atoms with Gasteiger partial charge in [0.1, 0.15) is 0 Å². The summed E-state index contributed by atoms with van der Waals surface area (Å²) >= 11 is 0. The van der Waals surface area contributed by atoms with Crippen LogP contribution in [0.1, 0.15) is 54.9 Å². The molecule has 0 heterocycles. The lowest BCUT2D eigenvalue weighted by Crippen LogP contribution is -2.58. The van der Waals surface area contributed by atoms with Crippen molar-refractivity contribution >= 4 is 11.7 Å². The van der Waals surface area contributed by atoms with Crippen LogP contribution < -0.4 is 16.8 Å². The molecule has 0 saturated carbocycles. The van der Waals surface area contributed by atoms with Crippen molar-refractivity contribution in [2.45, 2.75) is 71.5 Å². The number of rotatable bonds is 6. The largest absolute Gasteiger partial charge is 0.344 e. The maximum absolute atomic E-state index is 12.4. The lowest BCUT2D eigenvalue weighted by Gasteiger charge is -2.36. The molecule has 5 N–H and O–H groups in total. The van der Waals surface area contributed by atoms with Crippen molar-refractivity contribution in [2.24, 2.45) is 17.4 Å². The standard InChI is InChI=1S/C14H29N3O2/c1-9(18)14(6,7)17-11(19)10(13(4,5)16)8-12(2,3)15/h10H,8,15-16H2,1-7H3,(H,17,19). The molecule has 0 spiro atoms. The number of carbonyl (C=O) groups excluding carboxylic acids is 2. The van der Waals surface area contributed by atoms with Crippen LogP contribution in [0.3, 0.4) is 0 Å². The monoisotopic (exact) mass is 271 g/mol. The molecule has 1 amide bonds. The fourth-order valence-electron chi connectivity index (χ4n) is 1.70. The second kappa shape index (κ2) is 5.59. The van der Waals surface area contributed by atoms with Gasteiger partial charge >= 0.3 is 0 Å². The van der Waals surface area contributed by atoms with Gasteiger partial charge in [0.15, 0.2) is 5.78 Å². The van der Waals surface area contributed by atoms with Crippen LogP contribution >= 0.6 is 0 Å². The number of hydrogen-bond acceptors (Lipinski definition) is 4. The number of amides is 1. The lowest BCUT2D eigenvalue weighted by molar-refractivity contribution is -0.134. The van der Waals surface area contributed by atoms with Gasteiger partial charge in [0.25, 0.3) is 0 Å². The Hall–Kier alpha value is -0.940. The van der Waals surface area contributed by atoms with E-state index in [1.54, 1.807) is 27.7 Å². The minimum Gasteiger partial charge on any atom is -0.344 e. The van der Waals surface area contributed by atoms with Gasteiger partial charge in [-0.25, -0.2) is 0 Å². The molecular weight excluding hydrogens is 242 g/mol. The van der Waals surface area contributed by atoms with E-state index in [9.17, 15) is 9.59 Å². The quantitative estimate of drug-likeness (QED) is 0.670. The molecule has 0 bridgehead atoms. The SMILES string of the molecule is CC(=O)C(C)(C)NC(=O)C(CC(C)(C)N)C(C)(C)N. The number of hydrogen-bond donors (Lipinski definition) is 3. The highest BCUT2D eigenvalue weighted by molar-refractivity contribution is 5.91. The molecule has 0 aromatic rings. The molecule has 5 nitrogen and oxygen atoms in total. The Morgan fingerprint density at radius 2 is 1.47 bits per heavy atom. The molecule has 0 radical (unpaired) electrons. The summed E-state index contributed by atoms with van der Waals surface area (Å²) in [7, 11) is 0. The Balaban J connectivity index is 5.10. The maximum atomic E-state index is 12.4. The van der Waals surface area contributed by atoms with Gasteiger partial charge in [0, 0.05) is 11.1 Å². The minimum absolute atomic E-state index is 0.0959. The zero-order valence-electron chi connectivity index (χ0n) is 13.3. The van der Waals surface area contributed by atoms with Crippen molar-refractivity contribution in [3.8, 4) is 0 Å². The van der Waals surface area contributed by atoms with E-state index in [1.807, 2.05) is 13.8 Å². The van der Waals surface area contributed by atoms with E-state index < -0.39 is 22.5 Å². The number of Topliss-reactive ketones (excluding diaryl/α,β-unsaturated/α-hetero) is 1. The van der Waals surface area contributed by atoms with E-state index in [2.05, 4.69) is 5.32 Å². The zero-order chi connectivity index (χ0) is 15.6. The van der Waals surface area contributed by atoms with Gasteiger partial charge in [0.2, 0.25) is 5.91 Å². The van der Waals surface area contributed by atoms with Crippen LogP contribution in [0.25, 0.3) is 0 Å². The first kappa shape index (κ1) is 18.1. The molecule has 0 aliphatic carbocycles.